The minimum atomic E-state index is 0. The summed E-state index contributed by atoms with van der Waals surface area (Å²) in [5.74, 6) is 1.65. The zero-order valence-electron chi connectivity index (χ0n) is 12.5. The van der Waals surface area contributed by atoms with Crippen LogP contribution in [0, 0.1) is 0 Å². The van der Waals surface area contributed by atoms with Crippen LogP contribution in [0.4, 0.5) is 0 Å². The third-order valence-corrected chi connectivity index (χ3v) is 3.79. The Morgan fingerprint density at radius 1 is 0.955 bits per heavy atom. The fourth-order valence-corrected chi connectivity index (χ4v) is 2.54. The number of benzene rings is 2. The van der Waals surface area contributed by atoms with E-state index in [2.05, 4.69) is 24.3 Å². The summed E-state index contributed by atoms with van der Waals surface area (Å²) in [7, 11) is 0. The van der Waals surface area contributed by atoms with E-state index in [4.69, 9.17) is 15.2 Å². The number of fused-ring (bicyclic) bond motifs is 1. The Bertz CT molecular complexity index is 589. The van der Waals surface area contributed by atoms with Crippen molar-refractivity contribution in [3.8, 4) is 11.5 Å². The van der Waals surface area contributed by atoms with Crippen LogP contribution in [0.2, 0.25) is 0 Å². The Labute approximate surface area is 137 Å². The largest absolute Gasteiger partial charge is 0.490 e. The molecule has 2 N–H and O–H groups in total. The summed E-state index contributed by atoms with van der Waals surface area (Å²) in [6.07, 6.45) is 2.82. The van der Waals surface area contributed by atoms with E-state index in [-0.39, 0.29) is 18.4 Å². The number of hydrogen-bond donors (Lipinski definition) is 1. The summed E-state index contributed by atoms with van der Waals surface area (Å²) in [5.41, 5.74) is 8.75. The van der Waals surface area contributed by atoms with Crippen LogP contribution in [0.3, 0.4) is 0 Å². The Morgan fingerprint density at radius 2 is 1.68 bits per heavy atom. The molecule has 0 amide bonds. The second kappa shape index (κ2) is 8.06. The lowest BCUT2D eigenvalue weighted by Gasteiger charge is -2.15. The van der Waals surface area contributed by atoms with Gasteiger partial charge in [0.2, 0.25) is 0 Å². The maximum atomic E-state index is 6.32. The zero-order valence-corrected chi connectivity index (χ0v) is 13.4. The molecule has 0 aromatic heterocycles. The van der Waals surface area contributed by atoms with Crippen molar-refractivity contribution in [2.24, 2.45) is 5.73 Å². The van der Waals surface area contributed by atoms with E-state index in [1.54, 1.807) is 0 Å². The van der Waals surface area contributed by atoms with E-state index in [1.165, 1.54) is 5.56 Å². The van der Waals surface area contributed by atoms with Crippen molar-refractivity contribution in [3.05, 3.63) is 59.7 Å². The standard InChI is InChI=1S/C18H21NO2.ClH/c19-16(9-7-14-5-2-1-3-6-14)15-8-10-17-18(13-15)21-12-4-11-20-17;/h1-3,5-6,8,10,13,16H,4,7,9,11-12,19H2;1H. The predicted octanol–water partition coefficient (Wildman–Crippen LogP) is 3.90. The van der Waals surface area contributed by atoms with Crippen molar-refractivity contribution in [1.82, 2.24) is 0 Å². The van der Waals surface area contributed by atoms with Crippen molar-refractivity contribution < 1.29 is 9.47 Å². The van der Waals surface area contributed by atoms with Gasteiger partial charge in [0.25, 0.3) is 0 Å². The molecular weight excluding hydrogens is 298 g/mol. The van der Waals surface area contributed by atoms with Crippen LogP contribution in [0.1, 0.15) is 30.0 Å². The van der Waals surface area contributed by atoms with Gasteiger partial charge < -0.3 is 15.2 Å². The van der Waals surface area contributed by atoms with Crippen LogP contribution in [0.25, 0.3) is 0 Å². The van der Waals surface area contributed by atoms with Gasteiger partial charge in [0.15, 0.2) is 11.5 Å². The number of rotatable bonds is 4. The second-order valence-corrected chi connectivity index (χ2v) is 5.39. The minimum absolute atomic E-state index is 0. The van der Waals surface area contributed by atoms with E-state index in [0.29, 0.717) is 13.2 Å². The topological polar surface area (TPSA) is 44.5 Å². The van der Waals surface area contributed by atoms with Gasteiger partial charge in [-0.2, -0.15) is 0 Å². The molecule has 0 aliphatic carbocycles. The van der Waals surface area contributed by atoms with Crippen molar-refractivity contribution in [2.45, 2.75) is 25.3 Å². The molecule has 118 valence electrons. The number of halogens is 1. The third kappa shape index (κ3) is 4.15. The van der Waals surface area contributed by atoms with Gasteiger partial charge in [-0.1, -0.05) is 36.4 Å². The molecule has 1 aliphatic heterocycles. The molecule has 2 aromatic rings. The Balaban J connectivity index is 0.00000176. The molecule has 0 fully saturated rings. The van der Waals surface area contributed by atoms with Gasteiger partial charge in [-0.05, 0) is 36.1 Å². The smallest absolute Gasteiger partial charge is 0.161 e. The average Bonchev–Trinajstić information content (AvgIpc) is 2.78. The Kier molecular flexibility index (Phi) is 6.10. The maximum absolute atomic E-state index is 6.32. The molecule has 2 aromatic carbocycles. The SMILES string of the molecule is Cl.NC(CCc1ccccc1)c1ccc2c(c1)OCCCO2. The molecule has 0 spiro atoms. The Hall–Kier alpha value is -1.71. The first kappa shape index (κ1) is 16.7. The average molecular weight is 320 g/mol. The highest BCUT2D eigenvalue weighted by Gasteiger charge is 2.13. The summed E-state index contributed by atoms with van der Waals surface area (Å²) in [6.45, 7) is 1.42. The maximum Gasteiger partial charge on any atom is 0.161 e. The molecule has 1 atom stereocenters. The van der Waals surface area contributed by atoms with Crippen molar-refractivity contribution in [1.29, 1.82) is 0 Å². The monoisotopic (exact) mass is 319 g/mol. The highest BCUT2D eigenvalue weighted by molar-refractivity contribution is 5.85. The van der Waals surface area contributed by atoms with Crippen LogP contribution in [0.15, 0.2) is 48.5 Å². The van der Waals surface area contributed by atoms with Crippen molar-refractivity contribution >= 4 is 12.4 Å². The molecule has 1 unspecified atom stereocenters. The van der Waals surface area contributed by atoms with Gasteiger partial charge in [0.05, 0.1) is 13.2 Å². The normalized spacial score (nSPS) is 14.6. The fraction of sp³-hybridized carbons (Fsp3) is 0.333. The third-order valence-electron chi connectivity index (χ3n) is 3.79. The van der Waals surface area contributed by atoms with E-state index >= 15 is 0 Å². The number of hydrogen-bond acceptors (Lipinski definition) is 3. The van der Waals surface area contributed by atoms with E-state index in [0.717, 1.165) is 36.3 Å². The lowest BCUT2D eigenvalue weighted by Crippen LogP contribution is -2.11. The molecule has 1 heterocycles. The molecule has 0 saturated carbocycles. The van der Waals surface area contributed by atoms with E-state index in [9.17, 15) is 0 Å². The number of aryl methyl sites for hydroxylation is 1. The molecule has 22 heavy (non-hydrogen) atoms. The zero-order chi connectivity index (χ0) is 14.5. The van der Waals surface area contributed by atoms with Crippen LogP contribution in [0.5, 0.6) is 11.5 Å². The van der Waals surface area contributed by atoms with Crippen molar-refractivity contribution in [3.63, 3.8) is 0 Å². The highest BCUT2D eigenvalue weighted by atomic mass is 35.5. The quantitative estimate of drug-likeness (QED) is 0.929. The fourth-order valence-electron chi connectivity index (χ4n) is 2.54. The first-order valence-corrected chi connectivity index (χ1v) is 7.52. The van der Waals surface area contributed by atoms with Gasteiger partial charge in [-0.3, -0.25) is 0 Å². The molecule has 3 rings (SSSR count). The highest BCUT2D eigenvalue weighted by Crippen LogP contribution is 2.32. The van der Waals surface area contributed by atoms with Crippen LogP contribution >= 0.6 is 12.4 Å². The molecule has 0 saturated heterocycles. The number of nitrogens with two attached hydrogens (primary N) is 1. The van der Waals surface area contributed by atoms with Crippen LogP contribution < -0.4 is 15.2 Å². The summed E-state index contributed by atoms with van der Waals surface area (Å²) in [4.78, 5) is 0. The van der Waals surface area contributed by atoms with E-state index < -0.39 is 0 Å². The minimum Gasteiger partial charge on any atom is -0.490 e. The first-order chi connectivity index (χ1) is 10.3. The molecular formula is C18H22ClNO2. The molecule has 4 heteroatoms. The summed E-state index contributed by atoms with van der Waals surface area (Å²) < 4.78 is 11.4. The summed E-state index contributed by atoms with van der Waals surface area (Å²) in [6, 6.07) is 16.5. The Morgan fingerprint density at radius 3 is 2.45 bits per heavy atom. The van der Waals surface area contributed by atoms with Crippen LogP contribution in [-0.2, 0) is 6.42 Å². The lowest BCUT2D eigenvalue weighted by molar-refractivity contribution is 0.297. The van der Waals surface area contributed by atoms with Crippen molar-refractivity contribution in [2.75, 3.05) is 13.2 Å². The van der Waals surface area contributed by atoms with E-state index in [1.807, 2.05) is 24.3 Å². The lowest BCUT2D eigenvalue weighted by atomic mass is 9.99. The predicted molar refractivity (Wildman–Crippen MR) is 91.0 cm³/mol. The summed E-state index contributed by atoms with van der Waals surface area (Å²) in [5, 5.41) is 0. The van der Waals surface area contributed by atoms with Gasteiger partial charge in [-0.15, -0.1) is 12.4 Å². The van der Waals surface area contributed by atoms with Gasteiger partial charge in [0.1, 0.15) is 0 Å². The molecule has 0 bridgehead atoms. The molecule has 3 nitrogen and oxygen atoms in total. The van der Waals surface area contributed by atoms with Crippen LogP contribution in [-0.4, -0.2) is 13.2 Å². The van der Waals surface area contributed by atoms with Gasteiger partial charge in [-0.25, -0.2) is 0 Å². The first-order valence-electron chi connectivity index (χ1n) is 7.52. The van der Waals surface area contributed by atoms with Gasteiger partial charge in [0, 0.05) is 12.5 Å². The molecule has 0 radical (unpaired) electrons. The summed E-state index contributed by atoms with van der Waals surface area (Å²) >= 11 is 0. The molecule has 1 aliphatic rings. The second-order valence-electron chi connectivity index (χ2n) is 5.39. The van der Waals surface area contributed by atoms with Gasteiger partial charge >= 0.3 is 0 Å². The number of ether oxygens (including phenoxy) is 2.